The number of ether oxygens (including phenoxy) is 3. The number of piperidine rings is 1. The van der Waals surface area contributed by atoms with Gasteiger partial charge in [0.15, 0.2) is 0 Å². The summed E-state index contributed by atoms with van der Waals surface area (Å²) in [5.74, 6) is -2.45. The smallest absolute Gasteiger partial charge is 0.421 e. The van der Waals surface area contributed by atoms with Crippen LogP contribution in [0.1, 0.15) is 45.6 Å². The first-order chi connectivity index (χ1) is 12.7. The summed E-state index contributed by atoms with van der Waals surface area (Å²) in [6, 6.07) is 7.35. The van der Waals surface area contributed by atoms with Gasteiger partial charge < -0.3 is 19.3 Å². The van der Waals surface area contributed by atoms with Gasteiger partial charge in [-0.1, -0.05) is 19.1 Å². The number of benzene rings is 1. The zero-order valence-electron chi connectivity index (χ0n) is 16.1. The monoisotopic (exact) mass is 377 g/mol. The second kappa shape index (κ2) is 7.48. The molecule has 1 atom stereocenters. The van der Waals surface area contributed by atoms with Crippen molar-refractivity contribution in [3.05, 3.63) is 29.8 Å². The van der Waals surface area contributed by atoms with E-state index in [0.29, 0.717) is 26.1 Å². The number of aliphatic hydroxyl groups is 1. The molecule has 1 aromatic carbocycles. The molecule has 1 aromatic rings. The summed E-state index contributed by atoms with van der Waals surface area (Å²) in [4.78, 5) is 25.1. The zero-order valence-corrected chi connectivity index (χ0v) is 16.1. The Morgan fingerprint density at radius 3 is 2.44 bits per heavy atom. The van der Waals surface area contributed by atoms with Crippen molar-refractivity contribution < 1.29 is 28.9 Å². The number of rotatable bonds is 6. The maximum Gasteiger partial charge on any atom is 0.421 e. The Balaban J connectivity index is 1.53. The Kier molecular flexibility index (Phi) is 5.44. The van der Waals surface area contributed by atoms with Crippen molar-refractivity contribution in [1.82, 2.24) is 4.90 Å². The average molecular weight is 377 g/mol. The fourth-order valence-electron chi connectivity index (χ4n) is 3.61. The molecule has 0 bridgehead atoms. The summed E-state index contributed by atoms with van der Waals surface area (Å²) in [5, 5.41) is 9.98. The molecule has 2 fully saturated rings. The van der Waals surface area contributed by atoms with E-state index in [1.807, 2.05) is 36.1 Å². The molecule has 0 aliphatic carbocycles. The third-order valence-electron chi connectivity index (χ3n) is 5.18. The highest BCUT2D eigenvalue weighted by molar-refractivity contribution is 6.31. The van der Waals surface area contributed by atoms with E-state index in [2.05, 4.69) is 0 Å². The van der Waals surface area contributed by atoms with Crippen molar-refractivity contribution in [2.45, 2.75) is 51.5 Å². The number of nitrogens with zero attached hydrogens (tertiary/aromatic N) is 1. The zero-order chi connectivity index (χ0) is 19.7. The van der Waals surface area contributed by atoms with Crippen LogP contribution in [0.25, 0.3) is 0 Å². The number of carbonyl (C=O) groups is 2. The SMILES string of the molecule is CC1CCCN(CCCOc2ccc(C(C)(C)O)cc2)C12OC(=O)C(=O)O2. The highest BCUT2D eigenvalue weighted by Crippen LogP contribution is 2.39. The second-order valence-electron chi connectivity index (χ2n) is 7.73. The van der Waals surface area contributed by atoms with Gasteiger partial charge in [-0.05, 0) is 50.8 Å². The lowest BCUT2D eigenvalue weighted by Gasteiger charge is -2.44. The highest BCUT2D eigenvalue weighted by atomic mass is 16.8. The molecule has 7 nitrogen and oxygen atoms in total. The molecule has 2 aliphatic heterocycles. The fraction of sp³-hybridized carbons (Fsp3) is 0.600. The van der Waals surface area contributed by atoms with Crippen LogP contribution in [-0.2, 0) is 24.7 Å². The molecule has 0 aromatic heterocycles. The number of carbonyl (C=O) groups excluding carboxylic acids is 2. The van der Waals surface area contributed by atoms with E-state index < -0.39 is 23.5 Å². The molecule has 27 heavy (non-hydrogen) atoms. The van der Waals surface area contributed by atoms with Crippen LogP contribution in [0, 0.1) is 5.92 Å². The van der Waals surface area contributed by atoms with Gasteiger partial charge in [0.1, 0.15) is 5.75 Å². The molecule has 1 N–H and O–H groups in total. The lowest BCUT2D eigenvalue weighted by molar-refractivity contribution is -0.288. The minimum absolute atomic E-state index is 0.0723. The van der Waals surface area contributed by atoms with Gasteiger partial charge >= 0.3 is 17.8 Å². The molecule has 3 rings (SSSR count). The van der Waals surface area contributed by atoms with Crippen molar-refractivity contribution in [2.75, 3.05) is 19.7 Å². The summed E-state index contributed by atoms with van der Waals surface area (Å²) in [6.45, 7) is 7.17. The Bertz CT molecular complexity index is 677. The van der Waals surface area contributed by atoms with Gasteiger partial charge in [-0.2, -0.15) is 0 Å². The quantitative estimate of drug-likeness (QED) is 0.462. The minimum Gasteiger partial charge on any atom is -0.494 e. The molecule has 7 heteroatoms. The molecule has 148 valence electrons. The van der Waals surface area contributed by atoms with Gasteiger partial charge in [0.05, 0.1) is 18.1 Å². The molecule has 1 unspecified atom stereocenters. The predicted molar refractivity (Wildman–Crippen MR) is 96.7 cm³/mol. The van der Waals surface area contributed by atoms with Crippen LogP contribution < -0.4 is 4.74 Å². The summed E-state index contributed by atoms with van der Waals surface area (Å²) in [5.41, 5.74) is -0.0579. The van der Waals surface area contributed by atoms with Gasteiger partial charge in [-0.15, -0.1) is 0 Å². The fourth-order valence-corrected chi connectivity index (χ4v) is 3.61. The maximum absolute atomic E-state index is 11.6. The van der Waals surface area contributed by atoms with Gasteiger partial charge in [0, 0.05) is 13.1 Å². The maximum atomic E-state index is 11.6. The van der Waals surface area contributed by atoms with Crippen LogP contribution >= 0.6 is 0 Å². The summed E-state index contributed by atoms with van der Waals surface area (Å²) in [7, 11) is 0. The number of esters is 2. The Morgan fingerprint density at radius 2 is 1.85 bits per heavy atom. The molecular weight excluding hydrogens is 350 g/mol. The second-order valence-corrected chi connectivity index (χ2v) is 7.73. The van der Waals surface area contributed by atoms with E-state index in [-0.39, 0.29) is 5.92 Å². The van der Waals surface area contributed by atoms with Gasteiger partial charge in [-0.3, -0.25) is 0 Å². The van der Waals surface area contributed by atoms with Crippen molar-refractivity contribution in [1.29, 1.82) is 0 Å². The summed E-state index contributed by atoms with van der Waals surface area (Å²) in [6.07, 6.45) is 2.48. The van der Waals surface area contributed by atoms with E-state index in [0.717, 1.165) is 24.2 Å². The number of likely N-dealkylation sites (tertiary alicyclic amines) is 1. The highest BCUT2D eigenvalue weighted by Gasteiger charge is 2.57. The molecule has 2 aliphatic rings. The molecular formula is C20H27NO6. The standard InChI is InChI=1S/C20H27NO6/c1-14-6-4-11-21(20(14)26-17(22)18(23)27-20)12-5-13-25-16-9-7-15(8-10-16)19(2,3)24/h7-10,14,24H,4-6,11-13H2,1-3H3. The minimum atomic E-state index is -1.26. The third kappa shape index (κ3) is 4.09. The van der Waals surface area contributed by atoms with Gasteiger partial charge in [0.25, 0.3) is 0 Å². The topological polar surface area (TPSA) is 85.3 Å². The number of hydrogen-bond donors (Lipinski definition) is 1. The van der Waals surface area contributed by atoms with E-state index in [1.165, 1.54) is 0 Å². The van der Waals surface area contributed by atoms with Crippen LogP contribution in [0.3, 0.4) is 0 Å². The van der Waals surface area contributed by atoms with E-state index >= 15 is 0 Å². The average Bonchev–Trinajstić information content (AvgIpc) is 2.91. The molecule has 1 spiro atoms. The van der Waals surface area contributed by atoms with Crippen molar-refractivity contribution in [3.8, 4) is 5.75 Å². The first-order valence-corrected chi connectivity index (χ1v) is 9.39. The van der Waals surface area contributed by atoms with Crippen LogP contribution in [-0.4, -0.2) is 47.6 Å². The Labute approximate surface area is 159 Å². The first-order valence-electron chi connectivity index (χ1n) is 9.39. The van der Waals surface area contributed by atoms with Gasteiger partial charge in [0.2, 0.25) is 0 Å². The van der Waals surface area contributed by atoms with Crippen LogP contribution in [0.5, 0.6) is 5.75 Å². The first kappa shape index (κ1) is 19.6. The third-order valence-corrected chi connectivity index (χ3v) is 5.18. The van der Waals surface area contributed by atoms with Crippen LogP contribution in [0.15, 0.2) is 24.3 Å². The van der Waals surface area contributed by atoms with Crippen LogP contribution in [0.2, 0.25) is 0 Å². The lowest BCUT2D eigenvalue weighted by Crippen LogP contribution is -2.58. The van der Waals surface area contributed by atoms with E-state index in [9.17, 15) is 14.7 Å². The largest absolute Gasteiger partial charge is 0.494 e. The lowest BCUT2D eigenvalue weighted by atomic mass is 9.95. The number of hydrogen-bond acceptors (Lipinski definition) is 7. The molecule has 0 saturated carbocycles. The molecule has 0 radical (unpaired) electrons. The molecule has 0 amide bonds. The van der Waals surface area contributed by atoms with E-state index in [1.54, 1.807) is 13.8 Å². The Morgan fingerprint density at radius 1 is 1.22 bits per heavy atom. The van der Waals surface area contributed by atoms with Gasteiger partial charge in [-0.25, -0.2) is 14.5 Å². The van der Waals surface area contributed by atoms with E-state index in [4.69, 9.17) is 14.2 Å². The van der Waals surface area contributed by atoms with Crippen LogP contribution in [0.4, 0.5) is 0 Å². The van der Waals surface area contributed by atoms with Crippen molar-refractivity contribution in [2.24, 2.45) is 5.92 Å². The summed E-state index contributed by atoms with van der Waals surface area (Å²) >= 11 is 0. The van der Waals surface area contributed by atoms with Crippen molar-refractivity contribution in [3.63, 3.8) is 0 Å². The predicted octanol–water partition coefficient (Wildman–Crippen LogP) is 2.17. The molecule has 2 heterocycles. The molecule has 2 saturated heterocycles. The summed E-state index contributed by atoms with van der Waals surface area (Å²) < 4.78 is 16.4. The van der Waals surface area contributed by atoms with Crippen molar-refractivity contribution >= 4 is 11.9 Å². The Hall–Kier alpha value is -2.12. The normalized spacial score (nSPS) is 22.6.